The van der Waals surface area contributed by atoms with Crippen molar-refractivity contribution in [1.29, 1.82) is 0 Å². The van der Waals surface area contributed by atoms with Crippen molar-refractivity contribution in [2.24, 2.45) is 0 Å². The molecule has 26 heavy (non-hydrogen) atoms. The highest BCUT2D eigenvalue weighted by atomic mass is 16.5. The van der Waals surface area contributed by atoms with Gasteiger partial charge in [0.25, 0.3) is 0 Å². The monoisotopic (exact) mass is 346 g/mol. The third kappa shape index (κ3) is 3.72. The van der Waals surface area contributed by atoms with Crippen LogP contribution in [0.25, 0.3) is 21.9 Å². The van der Waals surface area contributed by atoms with Gasteiger partial charge in [0.05, 0.1) is 6.10 Å². The van der Waals surface area contributed by atoms with E-state index in [1.54, 1.807) is 0 Å². The number of carboxylic acid groups (broad SMARTS) is 1. The second kappa shape index (κ2) is 7.20. The highest BCUT2D eigenvalue weighted by Crippen LogP contribution is 2.30. The van der Waals surface area contributed by atoms with Crippen molar-refractivity contribution < 1.29 is 14.6 Å². The third-order valence-electron chi connectivity index (χ3n) is 5.05. The molecule has 0 aliphatic heterocycles. The normalized spacial score (nSPS) is 14.2. The first kappa shape index (κ1) is 16.6. The van der Waals surface area contributed by atoms with Crippen LogP contribution in [0.1, 0.15) is 31.2 Å². The maximum Gasteiger partial charge on any atom is 0.303 e. The van der Waals surface area contributed by atoms with Crippen molar-refractivity contribution in [2.75, 3.05) is 0 Å². The Labute approximate surface area is 153 Å². The number of aliphatic carboxylic acids is 1. The van der Waals surface area contributed by atoms with Gasteiger partial charge in [0.15, 0.2) is 0 Å². The number of benzene rings is 3. The molecule has 1 aliphatic carbocycles. The molecule has 0 atom stereocenters. The Kier molecular flexibility index (Phi) is 4.61. The smallest absolute Gasteiger partial charge is 0.303 e. The van der Waals surface area contributed by atoms with E-state index in [1.807, 2.05) is 18.2 Å². The Morgan fingerprint density at radius 1 is 0.962 bits per heavy atom. The number of ether oxygens (including phenoxy) is 1. The molecule has 3 aromatic rings. The molecular formula is C23H22O3. The molecule has 3 aromatic carbocycles. The highest BCUT2D eigenvalue weighted by Gasteiger charge is 2.19. The number of fused-ring (bicyclic) bond motifs is 1. The van der Waals surface area contributed by atoms with Gasteiger partial charge in [-0.3, -0.25) is 4.79 Å². The number of aryl methyl sites for hydroxylation is 1. The SMILES string of the molecule is O=C(O)CCc1ccc2cc(-c3cccc(OC4CCC4)c3)ccc2c1. The van der Waals surface area contributed by atoms with E-state index in [0.29, 0.717) is 12.5 Å². The van der Waals surface area contributed by atoms with Gasteiger partial charge in [-0.05, 0) is 71.3 Å². The lowest BCUT2D eigenvalue weighted by molar-refractivity contribution is -0.136. The van der Waals surface area contributed by atoms with E-state index in [2.05, 4.69) is 42.5 Å². The average Bonchev–Trinajstić information content (AvgIpc) is 2.63. The second-order valence-electron chi connectivity index (χ2n) is 6.99. The lowest BCUT2D eigenvalue weighted by Crippen LogP contribution is -2.24. The Balaban J connectivity index is 1.57. The van der Waals surface area contributed by atoms with Crippen LogP contribution in [0, 0.1) is 0 Å². The quantitative estimate of drug-likeness (QED) is 0.645. The molecule has 0 amide bonds. The Morgan fingerprint density at radius 3 is 2.50 bits per heavy atom. The average molecular weight is 346 g/mol. The first-order valence-corrected chi connectivity index (χ1v) is 9.19. The van der Waals surface area contributed by atoms with Crippen molar-refractivity contribution in [1.82, 2.24) is 0 Å². The molecule has 3 heteroatoms. The number of rotatable bonds is 6. The Morgan fingerprint density at radius 2 is 1.73 bits per heavy atom. The van der Waals surface area contributed by atoms with E-state index in [4.69, 9.17) is 9.84 Å². The van der Waals surface area contributed by atoms with Crippen LogP contribution in [0.4, 0.5) is 0 Å². The van der Waals surface area contributed by atoms with Gasteiger partial charge >= 0.3 is 5.97 Å². The van der Waals surface area contributed by atoms with Crippen LogP contribution in [-0.4, -0.2) is 17.2 Å². The molecule has 1 fully saturated rings. The summed E-state index contributed by atoms with van der Waals surface area (Å²) in [5, 5.41) is 11.1. The van der Waals surface area contributed by atoms with Crippen LogP contribution in [-0.2, 0) is 11.2 Å². The molecule has 1 saturated carbocycles. The van der Waals surface area contributed by atoms with Gasteiger partial charge in [0, 0.05) is 6.42 Å². The van der Waals surface area contributed by atoms with Crippen LogP contribution in [0.2, 0.25) is 0 Å². The summed E-state index contributed by atoms with van der Waals surface area (Å²) in [6.45, 7) is 0. The minimum atomic E-state index is -0.760. The molecule has 0 spiro atoms. The van der Waals surface area contributed by atoms with Gasteiger partial charge in [0.2, 0.25) is 0 Å². The molecule has 1 aliphatic rings. The summed E-state index contributed by atoms with van der Waals surface area (Å²) in [4.78, 5) is 10.7. The maximum atomic E-state index is 10.7. The lowest BCUT2D eigenvalue weighted by atomic mass is 9.96. The van der Waals surface area contributed by atoms with Crippen molar-refractivity contribution in [3.63, 3.8) is 0 Å². The van der Waals surface area contributed by atoms with Crippen LogP contribution in [0.5, 0.6) is 5.75 Å². The maximum absolute atomic E-state index is 10.7. The summed E-state index contributed by atoms with van der Waals surface area (Å²) < 4.78 is 6.01. The standard InChI is InChI=1S/C23H22O3/c24-23(25)12-8-16-7-9-19-14-20(11-10-18(19)13-16)17-3-1-6-22(15-17)26-21-4-2-5-21/h1,3,6-7,9-11,13-15,21H,2,4-5,8,12H2,(H,24,25). The Bertz CT molecular complexity index is 941. The van der Waals surface area contributed by atoms with Crippen LogP contribution in [0.3, 0.4) is 0 Å². The summed E-state index contributed by atoms with van der Waals surface area (Å²) in [7, 11) is 0. The van der Waals surface area contributed by atoms with Crippen molar-refractivity contribution in [3.05, 3.63) is 66.2 Å². The predicted octanol–water partition coefficient (Wildman–Crippen LogP) is 5.46. The first-order chi connectivity index (χ1) is 12.7. The van der Waals surface area contributed by atoms with Gasteiger partial charge in [0.1, 0.15) is 5.75 Å². The number of hydrogen-bond acceptors (Lipinski definition) is 2. The van der Waals surface area contributed by atoms with Crippen LogP contribution < -0.4 is 4.74 Å². The van der Waals surface area contributed by atoms with E-state index in [0.717, 1.165) is 46.1 Å². The van der Waals surface area contributed by atoms with E-state index >= 15 is 0 Å². The fraction of sp³-hybridized carbons (Fsp3) is 0.261. The fourth-order valence-corrected chi connectivity index (χ4v) is 3.31. The third-order valence-corrected chi connectivity index (χ3v) is 5.05. The lowest BCUT2D eigenvalue weighted by Gasteiger charge is -2.26. The minimum absolute atomic E-state index is 0.164. The van der Waals surface area contributed by atoms with Crippen LogP contribution >= 0.6 is 0 Å². The van der Waals surface area contributed by atoms with Gasteiger partial charge in [-0.15, -0.1) is 0 Å². The van der Waals surface area contributed by atoms with Crippen molar-refractivity contribution in [3.8, 4) is 16.9 Å². The molecule has 0 radical (unpaired) electrons. The highest BCUT2D eigenvalue weighted by molar-refractivity contribution is 5.88. The number of carbonyl (C=O) groups is 1. The zero-order chi connectivity index (χ0) is 17.9. The summed E-state index contributed by atoms with van der Waals surface area (Å²) in [5.41, 5.74) is 3.37. The number of carboxylic acids is 1. The molecular weight excluding hydrogens is 324 g/mol. The molecule has 0 heterocycles. The molecule has 4 rings (SSSR count). The topological polar surface area (TPSA) is 46.5 Å². The molecule has 0 aromatic heterocycles. The fourth-order valence-electron chi connectivity index (χ4n) is 3.31. The summed E-state index contributed by atoms with van der Waals surface area (Å²) in [5.74, 6) is 0.181. The summed E-state index contributed by atoms with van der Waals surface area (Å²) in [6.07, 6.45) is 4.69. The molecule has 132 valence electrons. The summed E-state index contributed by atoms with van der Waals surface area (Å²) in [6, 6.07) is 20.9. The van der Waals surface area contributed by atoms with Gasteiger partial charge in [-0.2, -0.15) is 0 Å². The molecule has 1 N–H and O–H groups in total. The van der Waals surface area contributed by atoms with Crippen LogP contribution in [0.15, 0.2) is 60.7 Å². The largest absolute Gasteiger partial charge is 0.490 e. The van der Waals surface area contributed by atoms with Gasteiger partial charge in [-0.25, -0.2) is 0 Å². The molecule has 0 unspecified atom stereocenters. The Hall–Kier alpha value is -2.81. The summed E-state index contributed by atoms with van der Waals surface area (Å²) >= 11 is 0. The van der Waals surface area contributed by atoms with Crippen molar-refractivity contribution in [2.45, 2.75) is 38.2 Å². The first-order valence-electron chi connectivity index (χ1n) is 9.19. The van der Waals surface area contributed by atoms with Gasteiger partial charge in [-0.1, -0.05) is 42.5 Å². The molecule has 0 saturated heterocycles. The van der Waals surface area contributed by atoms with E-state index in [-0.39, 0.29) is 6.42 Å². The zero-order valence-electron chi connectivity index (χ0n) is 14.7. The van der Waals surface area contributed by atoms with E-state index in [1.165, 1.54) is 6.42 Å². The van der Waals surface area contributed by atoms with Crippen molar-refractivity contribution >= 4 is 16.7 Å². The molecule has 3 nitrogen and oxygen atoms in total. The zero-order valence-corrected chi connectivity index (χ0v) is 14.7. The van der Waals surface area contributed by atoms with Gasteiger partial charge < -0.3 is 9.84 Å². The molecule has 0 bridgehead atoms. The van der Waals surface area contributed by atoms with E-state index < -0.39 is 5.97 Å². The second-order valence-corrected chi connectivity index (χ2v) is 6.99. The minimum Gasteiger partial charge on any atom is -0.490 e. The van der Waals surface area contributed by atoms with E-state index in [9.17, 15) is 4.79 Å². The predicted molar refractivity (Wildman–Crippen MR) is 104 cm³/mol. The number of hydrogen-bond donors (Lipinski definition) is 1.